The van der Waals surface area contributed by atoms with Crippen molar-refractivity contribution in [3.63, 3.8) is 0 Å². The lowest BCUT2D eigenvalue weighted by Crippen LogP contribution is -2.60. The van der Waals surface area contributed by atoms with Crippen molar-refractivity contribution in [2.75, 3.05) is 39.3 Å². The molecule has 2 saturated heterocycles. The number of carbonyl (C=O) groups is 3. The molecule has 0 aromatic heterocycles. The van der Waals surface area contributed by atoms with Crippen molar-refractivity contribution in [1.29, 1.82) is 5.26 Å². The van der Waals surface area contributed by atoms with Gasteiger partial charge in [0, 0.05) is 39.3 Å². The third kappa shape index (κ3) is 5.57. The molecule has 41 heavy (non-hydrogen) atoms. The van der Waals surface area contributed by atoms with E-state index in [1.807, 2.05) is 0 Å². The van der Waals surface area contributed by atoms with Gasteiger partial charge in [-0.25, -0.2) is 8.42 Å². The van der Waals surface area contributed by atoms with E-state index in [-0.39, 0.29) is 28.8 Å². The Bertz CT molecular complexity index is 1390. The van der Waals surface area contributed by atoms with Crippen molar-refractivity contribution < 1.29 is 27.9 Å². The number of nitriles is 1. The number of nitrogens with one attached hydrogen (secondary N) is 1. The van der Waals surface area contributed by atoms with Crippen LogP contribution in [0.3, 0.4) is 0 Å². The van der Waals surface area contributed by atoms with Gasteiger partial charge in [0.05, 0.1) is 26.7 Å². The second-order valence-electron chi connectivity index (χ2n) is 12.5. The molecule has 1 aromatic carbocycles. The van der Waals surface area contributed by atoms with Gasteiger partial charge in [0.1, 0.15) is 17.1 Å². The van der Waals surface area contributed by atoms with Crippen LogP contribution in [0, 0.1) is 16.7 Å². The fraction of sp³-hybridized carbons (Fsp3) is 0.643. The molecule has 0 unspecified atom stereocenters. The maximum Gasteiger partial charge on any atom is 0.310 e. The van der Waals surface area contributed by atoms with Crippen molar-refractivity contribution in [3.8, 4) is 6.07 Å². The Balaban J connectivity index is 1.35. The van der Waals surface area contributed by atoms with Crippen LogP contribution in [0.15, 0.2) is 29.2 Å². The molecular weight excluding hydrogens is 570 g/mol. The van der Waals surface area contributed by atoms with E-state index in [1.54, 1.807) is 26.0 Å². The van der Waals surface area contributed by atoms with Crippen molar-refractivity contribution >= 4 is 39.2 Å². The molecule has 2 aliphatic heterocycles. The molecule has 0 spiro atoms. The van der Waals surface area contributed by atoms with Crippen molar-refractivity contribution in [2.45, 2.75) is 73.2 Å². The predicted octanol–water partition coefficient (Wildman–Crippen LogP) is 1.52. The van der Waals surface area contributed by atoms with Crippen molar-refractivity contribution in [3.05, 3.63) is 29.3 Å². The zero-order chi connectivity index (χ0) is 29.8. The van der Waals surface area contributed by atoms with Gasteiger partial charge >= 0.3 is 5.97 Å². The van der Waals surface area contributed by atoms with Gasteiger partial charge in [0.2, 0.25) is 11.8 Å². The average molecular weight is 606 g/mol. The Hall–Kier alpha value is -2.72. The first kappa shape index (κ1) is 29.8. The fourth-order valence-corrected chi connectivity index (χ4v) is 8.29. The number of sulfone groups is 1. The summed E-state index contributed by atoms with van der Waals surface area (Å²) in [7, 11) is -3.96. The summed E-state index contributed by atoms with van der Waals surface area (Å²) in [5.74, 6) is -1.64. The molecule has 2 atom stereocenters. The summed E-state index contributed by atoms with van der Waals surface area (Å²) in [5.41, 5.74) is -2.67. The molecule has 2 amide bonds. The largest absolute Gasteiger partial charge is 0.481 e. The molecule has 2 heterocycles. The second-order valence-corrected chi connectivity index (χ2v) is 15.1. The number of carboxylic acid groups (broad SMARTS) is 1. The van der Waals surface area contributed by atoms with Gasteiger partial charge in [-0.2, -0.15) is 5.26 Å². The van der Waals surface area contributed by atoms with Gasteiger partial charge in [-0.1, -0.05) is 23.7 Å². The van der Waals surface area contributed by atoms with E-state index in [4.69, 9.17) is 11.6 Å². The zero-order valence-electron chi connectivity index (χ0n) is 23.3. The van der Waals surface area contributed by atoms with Gasteiger partial charge in [0.25, 0.3) is 0 Å². The molecule has 2 aliphatic carbocycles. The van der Waals surface area contributed by atoms with Crippen LogP contribution >= 0.6 is 11.6 Å². The molecule has 4 fully saturated rings. The van der Waals surface area contributed by atoms with Crippen LogP contribution in [-0.4, -0.2) is 108 Å². The van der Waals surface area contributed by atoms with Crippen LogP contribution in [-0.2, 0) is 24.2 Å². The molecule has 0 radical (unpaired) electrons. The van der Waals surface area contributed by atoms with Crippen LogP contribution < -0.4 is 5.32 Å². The number of likely N-dealkylation sites (tertiary alicyclic amines) is 1. The lowest BCUT2D eigenvalue weighted by molar-refractivity contribution is -0.148. The third-order valence-electron chi connectivity index (χ3n) is 9.03. The van der Waals surface area contributed by atoms with Gasteiger partial charge < -0.3 is 15.3 Å². The predicted molar refractivity (Wildman–Crippen MR) is 150 cm³/mol. The molecule has 1 aromatic rings. The fourth-order valence-electron chi connectivity index (χ4n) is 6.07. The second kappa shape index (κ2) is 10.5. The van der Waals surface area contributed by atoms with Crippen LogP contribution in [0.4, 0.5) is 0 Å². The average Bonchev–Trinajstić information content (AvgIpc) is 3.85. The maximum absolute atomic E-state index is 14.2. The van der Waals surface area contributed by atoms with Crippen molar-refractivity contribution in [2.24, 2.45) is 5.41 Å². The molecule has 2 saturated carbocycles. The highest BCUT2D eigenvalue weighted by Crippen LogP contribution is 2.46. The Morgan fingerprint density at radius 2 is 1.76 bits per heavy atom. The highest BCUT2D eigenvalue weighted by molar-refractivity contribution is 7.92. The number of nitrogens with zero attached hydrogens (tertiary/aromatic N) is 4. The van der Waals surface area contributed by atoms with E-state index in [1.165, 1.54) is 17.0 Å². The number of carboxylic acids is 1. The molecule has 2 N–H and O–H groups in total. The van der Waals surface area contributed by atoms with E-state index in [0.717, 1.165) is 0 Å². The molecular formula is C28H36ClN5O6S. The zero-order valence-corrected chi connectivity index (χ0v) is 24.9. The number of benzene rings is 1. The summed E-state index contributed by atoms with van der Waals surface area (Å²) in [6.07, 6.45) is 2.15. The normalized spacial score (nSPS) is 25.8. The van der Waals surface area contributed by atoms with Crippen LogP contribution in [0.25, 0.3) is 0 Å². The Morgan fingerprint density at radius 3 is 2.29 bits per heavy atom. The number of hydrogen-bond donors (Lipinski definition) is 2. The smallest absolute Gasteiger partial charge is 0.310 e. The molecule has 13 heteroatoms. The van der Waals surface area contributed by atoms with Crippen LogP contribution in [0.1, 0.15) is 46.0 Å². The molecule has 0 bridgehead atoms. The standard InChI is InChI=1S/C28H36ClN5O6S/c1-26(2,25(37)38)18-32-11-13-33(14-12-32)28(9-10-28)24(36)34-16-19(41(39,40)22-6-4-3-5-20(22)29)15-21(34)23(35)31-27(17-30)7-8-27/h3-6,19,21H,7-16,18H2,1-2H3,(H,31,35)(H,37,38)/t19-,21+/m1/s1. The SMILES string of the molecule is CC(C)(CN1CCN(C2(C(=O)N3C[C@H](S(=O)(=O)c4ccccc4Cl)C[C@H]3C(=O)NC3(C#N)CC3)CC2)CC1)C(=O)O. The number of piperazine rings is 1. The maximum atomic E-state index is 14.2. The lowest BCUT2D eigenvalue weighted by atomic mass is 9.93. The first-order valence-corrected chi connectivity index (χ1v) is 15.9. The van der Waals surface area contributed by atoms with Crippen LogP contribution in [0.5, 0.6) is 0 Å². The summed E-state index contributed by atoms with van der Waals surface area (Å²) in [6.45, 7) is 5.96. The minimum absolute atomic E-state index is 0.0302. The third-order valence-corrected chi connectivity index (χ3v) is 11.7. The highest BCUT2D eigenvalue weighted by atomic mass is 35.5. The van der Waals surface area contributed by atoms with Crippen LogP contribution in [0.2, 0.25) is 5.02 Å². The van der Waals surface area contributed by atoms with Crippen molar-refractivity contribution in [1.82, 2.24) is 20.0 Å². The molecule has 5 rings (SSSR count). The summed E-state index contributed by atoms with van der Waals surface area (Å²) >= 11 is 6.23. The van der Waals surface area contributed by atoms with E-state index in [0.29, 0.717) is 58.4 Å². The van der Waals surface area contributed by atoms with Gasteiger partial charge in [0.15, 0.2) is 9.84 Å². The number of hydrogen-bond acceptors (Lipinski definition) is 8. The number of amides is 2. The minimum Gasteiger partial charge on any atom is -0.481 e. The van der Waals surface area contributed by atoms with E-state index in [9.17, 15) is 33.2 Å². The number of rotatable bonds is 9. The van der Waals surface area contributed by atoms with Gasteiger partial charge in [-0.15, -0.1) is 0 Å². The van der Waals surface area contributed by atoms with E-state index in [2.05, 4.69) is 21.2 Å². The number of carbonyl (C=O) groups excluding carboxylic acids is 2. The number of halogens is 1. The van der Waals surface area contributed by atoms with E-state index < -0.39 is 49.5 Å². The lowest BCUT2D eigenvalue weighted by Gasteiger charge is -2.42. The Morgan fingerprint density at radius 1 is 1.12 bits per heavy atom. The molecule has 4 aliphatic rings. The Labute approximate surface area is 245 Å². The minimum atomic E-state index is -3.96. The summed E-state index contributed by atoms with van der Waals surface area (Å²) in [4.78, 5) is 44.8. The Kier molecular flexibility index (Phi) is 7.64. The molecule has 11 nitrogen and oxygen atoms in total. The summed E-state index contributed by atoms with van der Waals surface area (Å²) in [5, 5.41) is 20.8. The first-order valence-electron chi connectivity index (χ1n) is 14.0. The quantitative estimate of drug-likeness (QED) is 0.427. The molecule has 222 valence electrons. The van der Waals surface area contributed by atoms with Gasteiger partial charge in [-0.05, 0) is 58.1 Å². The topological polar surface area (TPSA) is 151 Å². The summed E-state index contributed by atoms with van der Waals surface area (Å²) < 4.78 is 27.3. The summed E-state index contributed by atoms with van der Waals surface area (Å²) in [6, 6.07) is 7.25. The monoisotopic (exact) mass is 605 g/mol. The van der Waals surface area contributed by atoms with E-state index >= 15 is 0 Å². The first-order chi connectivity index (χ1) is 19.2. The highest BCUT2D eigenvalue weighted by Gasteiger charge is 2.60. The number of aliphatic carboxylic acids is 1. The van der Waals surface area contributed by atoms with Gasteiger partial charge in [-0.3, -0.25) is 24.2 Å².